The Morgan fingerprint density at radius 2 is 1.92 bits per heavy atom. The molecule has 24 heavy (non-hydrogen) atoms. The molecule has 5 nitrogen and oxygen atoms in total. The summed E-state index contributed by atoms with van der Waals surface area (Å²) in [5, 5.41) is 3.53. The second-order valence-electron chi connectivity index (χ2n) is 7.05. The molecule has 136 valence electrons. The van der Waals surface area contributed by atoms with E-state index in [9.17, 15) is 4.79 Å². The molecule has 0 aromatic heterocycles. The smallest absolute Gasteiger partial charge is 0.410 e. The lowest BCUT2D eigenvalue weighted by Crippen LogP contribution is -2.44. The number of nitrogens with one attached hydrogen (secondary N) is 1. The van der Waals surface area contributed by atoms with Crippen LogP contribution >= 0.6 is 0 Å². The molecule has 1 rings (SSSR count). The molecular weight excluding hydrogens is 304 g/mol. The predicted molar refractivity (Wildman–Crippen MR) is 97.5 cm³/mol. The molecule has 5 heteroatoms. The Balaban J connectivity index is 2.66. The minimum Gasteiger partial charge on any atom is -0.496 e. The second-order valence-corrected chi connectivity index (χ2v) is 7.05. The average Bonchev–Trinajstić information content (AvgIpc) is 2.53. The van der Waals surface area contributed by atoms with Gasteiger partial charge in [0, 0.05) is 31.2 Å². The van der Waals surface area contributed by atoms with Crippen LogP contribution in [0.25, 0.3) is 0 Å². The first-order valence-electron chi connectivity index (χ1n) is 8.51. The summed E-state index contributed by atoms with van der Waals surface area (Å²) < 4.78 is 10.9. The number of para-hydroxylation sites is 1. The Kier molecular flexibility index (Phi) is 7.55. The molecule has 2 atom stereocenters. The topological polar surface area (TPSA) is 50.8 Å². The van der Waals surface area contributed by atoms with Crippen LogP contribution in [0.4, 0.5) is 4.79 Å². The van der Waals surface area contributed by atoms with Gasteiger partial charge in [-0.15, -0.1) is 0 Å². The van der Waals surface area contributed by atoms with E-state index in [1.807, 2.05) is 45.9 Å². The summed E-state index contributed by atoms with van der Waals surface area (Å²) in [6, 6.07) is 8.21. The molecule has 0 aliphatic rings. The molecule has 0 aliphatic heterocycles. The molecule has 2 unspecified atom stereocenters. The van der Waals surface area contributed by atoms with E-state index in [1.165, 1.54) is 0 Å². The monoisotopic (exact) mass is 336 g/mol. The minimum absolute atomic E-state index is 0.0172. The molecule has 1 aromatic rings. The predicted octanol–water partition coefficient (Wildman–Crippen LogP) is 3.99. The van der Waals surface area contributed by atoms with E-state index in [0.717, 1.165) is 17.7 Å². The summed E-state index contributed by atoms with van der Waals surface area (Å²) >= 11 is 0. The van der Waals surface area contributed by atoms with Gasteiger partial charge in [0.25, 0.3) is 0 Å². The van der Waals surface area contributed by atoms with Crippen molar-refractivity contribution in [3.8, 4) is 5.75 Å². The SMILES string of the molecule is CCC(NCC(C)N(C)C(=O)OC(C)(C)C)c1ccccc1OC. The van der Waals surface area contributed by atoms with Crippen molar-refractivity contribution in [3.63, 3.8) is 0 Å². The molecule has 0 spiro atoms. The van der Waals surface area contributed by atoms with Gasteiger partial charge in [-0.1, -0.05) is 25.1 Å². The van der Waals surface area contributed by atoms with Gasteiger partial charge >= 0.3 is 6.09 Å². The maximum atomic E-state index is 12.1. The summed E-state index contributed by atoms with van der Waals surface area (Å²) in [6.07, 6.45) is 0.630. The van der Waals surface area contributed by atoms with Gasteiger partial charge in [0.1, 0.15) is 11.4 Å². The fourth-order valence-corrected chi connectivity index (χ4v) is 2.39. The number of carbonyl (C=O) groups excluding carboxylic acids is 1. The first-order chi connectivity index (χ1) is 11.2. The van der Waals surface area contributed by atoms with Crippen molar-refractivity contribution in [1.29, 1.82) is 0 Å². The Labute approximate surface area is 146 Å². The van der Waals surface area contributed by atoms with Crippen molar-refractivity contribution in [2.24, 2.45) is 0 Å². The molecule has 0 fully saturated rings. The van der Waals surface area contributed by atoms with E-state index in [4.69, 9.17) is 9.47 Å². The zero-order chi connectivity index (χ0) is 18.3. The zero-order valence-corrected chi connectivity index (χ0v) is 16.1. The number of hydrogen-bond donors (Lipinski definition) is 1. The molecule has 1 aromatic carbocycles. The molecule has 0 heterocycles. The fourth-order valence-electron chi connectivity index (χ4n) is 2.39. The van der Waals surface area contributed by atoms with Gasteiger partial charge in [-0.3, -0.25) is 0 Å². The largest absolute Gasteiger partial charge is 0.496 e. The first kappa shape index (κ1) is 20.3. The van der Waals surface area contributed by atoms with E-state index < -0.39 is 5.60 Å². The number of methoxy groups -OCH3 is 1. The van der Waals surface area contributed by atoms with Gasteiger partial charge in [0.15, 0.2) is 0 Å². The van der Waals surface area contributed by atoms with Gasteiger partial charge in [-0.05, 0) is 40.2 Å². The van der Waals surface area contributed by atoms with Crippen molar-refractivity contribution in [3.05, 3.63) is 29.8 Å². The number of ether oxygens (including phenoxy) is 2. The molecule has 0 saturated heterocycles. The van der Waals surface area contributed by atoms with Crippen molar-refractivity contribution < 1.29 is 14.3 Å². The maximum absolute atomic E-state index is 12.1. The Morgan fingerprint density at radius 3 is 2.46 bits per heavy atom. The summed E-state index contributed by atoms with van der Waals surface area (Å²) in [4.78, 5) is 13.8. The van der Waals surface area contributed by atoms with E-state index >= 15 is 0 Å². The first-order valence-corrected chi connectivity index (χ1v) is 8.51. The Hall–Kier alpha value is -1.75. The van der Waals surface area contributed by atoms with Crippen LogP contribution in [0.5, 0.6) is 5.75 Å². The highest BCUT2D eigenvalue weighted by atomic mass is 16.6. The number of rotatable bonds is 7. The van der Waals surface area contributed by atoms with Crippen LogP contribution < -0.4 is 10.1 Å². The van der Waals surface area contributed by atoms with Crippen LogP contribution in [0.15, 0.2) is 24.3 Å². The van der Waals surface area contributed by atoms with Gasteiger partial charge in [0.2, 0.25) is 0 Å². The molecule has 1 amide bonds. The van der Waals surface area contributed by atoms with Gasteiger partial charge in [-0.25, -0.2) is 4.79 Å². The number of carbonyl (C=O) groups is 1. The lowest BCUT2D eigenvalue weighted by molar-refractivity contribution is 0.0234. The summed E-state index contributed by atoms with van der Waals surface area (Å²) in [7, 11) is 3.45. The maximum Gasteiger partial charge on any atom is 0.410 e. The highest BCUT2D eigenvalue weighted by Crippen LogP contribution is 2.26. The third-order valence-electron chi connectivity index (χ3n) is 3.92. The normalized spacial score (nSPS) is 14.0. The number of amides is 1. The molecular formula is C19H32N2O3. The van der Waals surface area contributed by atoms with E-state index in [1.54, 1.807) is 19.1 Å². The number of hydrogen-bond acceptors (Lipinski definition) is 4. The highest BCUT2D eigenvalue weighted by molar-refractivity contribution is 5.68. The van der Waals surface area contributed by atoms with Gasteiger partial charge in [-0.2, -0.15) is 0 Å². The standard InChI is InChI=1S/C19H32N2O3/c1-8-16(15-11-9-10-12-17(15)23-7)20-13-14(2)21(6)18(22)24-19(3,4)5/h9-12,14,16,20H,8,13H2,1-7H3. The Bertz CT molecular complexity index is 526. The van der Waals surface area contributed by atoms with Gasteiger partial charge in [0.05, 0.1) is 7.11 Å². The van der Waals surface area contributed by atoms with Crippen LogP contribution in [-0.2, 0) is 4.74 Å². The van der Waals surface area contributed by atoms with Gasteiger partial charge < -0.3 is 19.7 Å². The molecule has 0 radical (unpaired) electrons. The molecule has 1 N–H and O–H groups in total. The number of nitrogens with zero attached hydrogens (tertiary/aromatic N) is 1. The van der Waals surface area contributed by atoms with Crippen molar-refractivity contribution in [2.45, 2.75) is 58.7 Å². The third-order valence-corrected chi connectivity index (χ3v) is 3.92. The highest BCUT2D eigenvalue weighted by Gasteiger charge is 2.23. The van der Waals surface area contributed by atoms with E-state index in [2.05, 4.69) is 18.3 Å². The van der Waals surface area contributed by atoms with Crippen molar-refractivity contribution >= 4 is 6.09 Å². The zero-order valence-electron chi connectivity index (χ0n) is 16.1. The third kappa shape index (κ3) is 6.04. The van der Waals surface area contributed by atoms with Crippen molar-refractivity contribution in [2.75, 3.05) is 20.7 Å². The average molecular weight is 336 g/mol. The van der Waals surface area contributed by atoms with E-state index in [0.29, 0.717) is 6.54 Å². The van der Waals surface area contributed by atoms with E-state index in [-0.39, 0.29) is 18.2 Å². The van der Waals surface area contributed by atoms with Crippen LogP contribution in [0.1, 0.15) is 52.6 Å². The lowest BCUT2D eigenvalue weighted by Gasteiger charge is -2.30. The lowest BCUT2D eigenvalue weighted by atomic mass is 10.0. The fraction of sp³-hybridized carbons (Fsp3) is 0.632. The Morgan fingerprint density at radius 1 is 1.29 bits per heavy atom. The second kappa shape index (κ2) is 8.92. The molecule has 0 saturated carbocycles. The van der Waals surface area contributed by atoms with Crippen LogP contribution in [0, 0.1) is 0 Å². The van der Waals surface area contributed by atoms with Crippen LogP contribution in [-0.4, -0.2) is 43.3 Å². The molecule has 0 aliphatic carbocycles. The summed E-state index contributed by atoms with van der Waals surface area (Å²) in [6.45, 7) is 10.4. The quantitative estimate of drug-likeness (QED) is 0.818. The minimum atomic E-state index is -0.484. The van der Waals surface area contributed by atoms with Crippen molar-refractivity contribution in [1.82, 2.24) is 10.2 Å². The number of benzene rings is 1. The molecule has 0 bridgehead atoms. The van der Waals surface area contributed by atoms with Crippen LogP contribution in [0.2, 0.25) is 0 Å². The van der Waals surface area contributed by atoms with Crippen LogP contribution in [0.3, 0.4) is 0 Å². The number of likely N-dealkylation sites (N-methyl/N-ethyl adjacent to an activating group) is 1. The summed E-state index contributed by atoms with van der Waals surface area (Å²) in [5.41, 5.74) is 0.650. The summed E-state index contributed by atoms with van der Waals surface area (Å²) in [5.74, 6) is 0.880.